The van der Waals surface area contributed by atoms with Crippen molar-refractivity contribution in [1.29, 1.82) is 0 Å². The minimum Gasteiger partial charge on any atom is -0.336 e. The summed E-state index contributed by atoms with van der Waals surface area (Å²) in [6.45, 7) is 4.48. The average Bonchev–Trinajstić information content (AvgIpc) is 3.31. The molecular weight excluding hydrogens is 524 g/mol. The van der Waals surface area contributed by atoms with Crippen LogP contribution in [0.2, 0.25) is 0 Å². The number of fused-ring (bicyclic) bond motifs is 1. The van der Waals surface area contributed by atoms with Crippen molar-refractivity contribution in [2.24, 2.45) is 5.14 Å². The first-order valence-corrected chi connectivity index (χ1v) is 14.3. The molecule has 38 heavy (non-hydrogen) atoms. The maximum atomic E-state index is 13.1. The van der Waals surface area contributed by atoms with Gasteiger partial charge in [0.25, 0.3) is 11.1 Å². The third-order valence-electron chi connectivity index (χ3n) is 6.83. The van der Waals surface area contributed by atoms with Crippen LogP contribution in [0.15, 0.2) is 64.4 Å². The Labute approximate surface area is 225 Å². The molecule has 1 fully saturated rings. The van der Waals surface area contributed by atoms with E-state index in [0.717, 1.165) is 51.3 Å². The topological polar surface area (TPSA) is 123 Å². The molecule has 3 aromatic rings. The number of nitrogens with zero attached hydrogens (tertiary/aromatic N) is 3. The van der Waals surface area contributed by atoms with Gasteiger partial charge in [-0.25, -0.2) is 13.6 Å². The van der Waals surface area contributed by atoms with Crippen LogP contribution in [-0.4, -0.2) is 52.9 Å². The summed E-state index contributed by atoms with van der Waals surface area (Å²) in [7, 11) is -3.80. The number of nitrogens with two attached hydrogens (primary N) is 1. The SMILES string of the molecule is Cc1cc(/C=C2\SC(=O)N(CC(=O)N3CCc4ccccc4C3)C2=O)c(C)n1-c1ccc(S(N)(=O)=O)cc1. The number of thioether (sulfide) groups is 1. The molecule has 0 radical (unpaired) electrons. The molecule has 0 atom stereocenters. The standard InChI is InChI=1S/C27H26N4O5S2/c1-17-13-21(18(2)31(17)22-7-9-23(10-8-22)38(28,35)36)14-24-26(33)30(27(34)37-24)16-25(32)29-12-11-19-5-3-4-6-20(19)15-29/h3-10,13-14H,11-12,15-16H2,1-2H3,(H2,28,35,36)/b24-14-. The Balaban J connectivity index is 1.33. The van der Waals surface area contributed by atoms with E-state index < -0.39 is 21.2 Å². The van der Waals surface area contributed by atoms with Crippen LogP contribution in [0.1, 0.15) is 28.1 Å². The van der Waals surface area contributed by atoms with Crippen LogP contribution in [0, 0.1) is 13.8 Å². The lowest BCUT2D eigenvalue weighted by atomic mass is 10.00. The molecule has 2 aromatic carbocycles. The predicted molar refractivity (Wildman–Crippen MR) is 145 cm³/mol. The van der Waals surface area contributed by atoms with E-state index in [2.05, 4.69) is 6.07 Å². The average molecular weight is 551 g/mol. The maximum Gasteiger partial charge on any atom is 0.294 e. The van der Waals surface area contributed by atoms with E-state index in [1.807, 2.05) is 42.7 Å². The number of carbonyl (C=O) groups excluding carboxylic acids is 3. The van der Waals surface area contributed by atoms with Gasteiger partial charge in [0.05, 0.1) is 9.80 Å². The van der Waals surface area contributed by atoms with Gasteiger partial charge in [0, 0.05) is 30.2 Å². The molecule has 11 heteroatoms. The first-order valence-electron chi connectivity index (χ1n) is 11.9. The summed E-state index contributed by atoms with van der Waals surface area (Å²) in [5.41, 5.74) is 5.42. The molecule has 0 bridgehead atoms. The molecule has 0 saturated carbocycles. The molecule has 2 aliphatic heterocycles. The highest BCUT2D eigenvalue weighted by molar-refractivity contribution is 8.18. The number of benzene rings is 2. The van der Waals surface area contributed by atoms with Crippen molar-refractivity contribution in [2.75, 3.05) is 13.1 Å². The van der Waals surface area contributed by atoms with Crippen molar-refractivity contribution in [2.45, 2.75) is 31.7 Å². The number of aromatic nitrogens is 1. The Morgan fingerprint density at radius 2 is 1.74 bits per heavy atom. The van der Waals surface area contributed by atoms with E-state index in [-0.39, 0.29) is 22.3 Å². The number of carbonyl (C=O) groups is 3. The molecule has 196 valence electrons. The number of hydrogen-bond donors (Lipinski definition) is 1. The highest BCUT2D eigenvalue weighted by Crippen LogP contribution is 2.34. The third kappa shape index (κ3) is 4.92. The fourth-order valence-electron chi connectivity index (χ4n) is 4.84. The number of sulfonamides is 1. The zero-order valence-corrected chi connectivity index (χ0v) is 22.5. The highest BCUT2D eigenvalue weighted by Gasteiger charge is 2.37. The van der Waals surface area contributed by atoms with E-state index in [1.165, 1.54) is 17.7 Å². The molecular formula is C27H26N4O5S2. The summed E-state index contributed by atoms with van der Waals surface area (Å²) < 4.78 is 25.1. The molecule has 5 rings (SSSR count). The minimum absolute atomic E-state index is 0.0147. The molecule has 2 aliphatic rings. The number of amides is 3. The van der Waals surface area contributed by atoms with Gasteiger partial charge in [-0.15, -0.1) is 0 Å². The maximum absolute atomic E-state index is 13.1. The van der Waals surface area contributed by atoms with Crippen LogP contribution in [0.4, 0.5) is 4.79 Å². The summed E-state index contributed by atoms with van der Waals surface area (Å²) in [5, 5.41) is 4.72. The van der Waals surface area contributed by atoms with E-state index in [4.69, 9.17) is 5.14 Å². The van der Waals surface area contributed by atoms with Gasteiger partial charge in [0.1, 0.15) is 6.54 Å². The fraction of sp³-hybridized carbons (Fsp3) is 0.222. The summed E-state index contributed by atoms with van der Waals surface area (Å²) in [6.07, 6.45) is 2.40. The number of aryl methyl sites for hydroxylation is 1. The molecule has 3 heterocycles. The molecule has 3 amide bonds. The van der Waals surface area contributed by atoms with Crippen LogP contribution in [0.5, 0.6) is 0 Å². The van der Waals surface area contributed by atoms with Crippen LogP contribution in [0.3, 0.4) is 0 Å². The summed E-state index contributed by atoms with van der Waals surface area (Å²) in [4.78, 5) is 41.7. The first kappa shape index (κ1) is 26.0. The lowest BCUT2D eigenvalue weighted by molar-refractivity contribution is -0.136. The van der Waals surface area contributed by atoms with Crippen LogP contribution < -0.4 is 5.14 Å². The molecule has 9 nitrogen and oxygen atoms in total. The van der Waals surface area contributed by atoms with E-state index in [9.17, 15) is 22.8 Å². The molecule has 0 spiro atoms. The van der Waals surface area contributed by atoms with Crippen molar-refractivity contribution < 1.29 is 22.8 Å². The quantitative estimate of drug-likeness (QED) is 0.486. The van der Waals surface area contributed by atoms with Crippen molar-refractivity contribution >= 4 is 44.9 Å². The molecule has 1 saturated heterocycles. The Hall–Kier alpha value is -3.67. The van der Waals surface area contributed by atoms with Crippen molar-refractivity contribution in [3.63, 3.8) is 0 Å². The number of hydrogen-bond acceptors (Lipinski definition) is 6. The minimum atomic E-state index is -3.80. The van der Waals surface area contributed by atoms with Crippen LogP contribution >= 0.6 is 11.8 Å². The van der Waals surface area contributed by atoms with Crippen molar-refractivity contribution in [3.8, 4) is 5.69 Å². The molecule has 0 unspecified atom stereocenters. The van der Waals surface area contributed by atoms with Crippen LogP contribution in [0.25, 0.3) is 11.8 Å². The van der Waals surface area contributed by atoms with Crippen LogP contribution in [-0.2, 0) is 32.6 Å². The zero-order valence-electron chi connectivity index (χ0n) is 20.9. The lowest BCUT2D eigenvalue weighted by Gasteiger charge is -2.29. The fourth-order valence-corrected chi connectivity index (χ4v) is 6.18. The Morgan fingerprint density at radius 1 is 1.05 bits per heavy atom. The van der Waals surface area contributed by atoms with Gasteiger partial charge in [0.2, 0.25) is 15.9 Å². The van der Waals surface area contributed by atoms with Crippen molar-refractivity contribution in [1.82, 2.24) is 14.4 Å². The van der Waals surface area contributed by atoms with Gasteiger partial charge < -0.3 is 9.47 Å². The van der Waals surface area contributed by atoms with Crippen molar-refractivity contribution in [3.05, 3.63) is 87.6 Å². The third-order valence-corrected chi connectivity index (χ3v) is 8.67. The Bertz CT molecular complexity index is 1610. The molecule has 1 aromatic heterocycles. The molecule has 2 N–H and O–H groups in total. The molecule has 0 aliphatic carbocycles. The summed E-state index contributed by atoms with van der Waals surface area (Å²) in [6, 6.07) is 16.0. The predicted octanol–water partition coefficient (Wildman–Crippen LogP) is 3.36. The smallest absolute Gasteiger partial charge is 0.294 e. The Morgan fingerprint density at radius 3 is 2.42 bits per heavy atom. The summed E-state index contributed by atoms with van der Waals surface area (Å²) >= 11 is 0.816. The Kier molecular flexibility index (Phi) is 6.76. The van der Waals surface area contributed by atoms with Gasteiger partial charge in [-0.1, -0.05) is 24.3 Å². The van der Waals surface area contributed by atoms with Gasteiger partial charge in [-0.3, -0.25) is 19.3 Å². The monoisotopic (exact) mass is 550 g/mol. The number of imide groups is 1. The highest BCUT2D eigenvalue weighted by atomic mass is 32.2. The zero-order chi connectivity index (χ0) is 27.2. The van der Waals surface area contributed by atoms with E-state index in [0.29, 0.717) is 13.1 Å². The van der Waals surface area contributed by atoms with Gasteiger partial charge in [-0.05, 0) is 85.1 Å². The van der Waals surface area contributed by atoms with Gasteiger partial charge in [0.15, 0.2) is 0 Å². The second kappa shape index (κ2) is 9.90. The second-order valence-corrected chi connectivity index (χ2v) is 11.9. The number of rotatable bonds is 5. The van der Waals surface area contributed by atoms with E-state index >= 15 is 0 Å². The summed E-state index contributed by atoms with van der Waals surface area (Å²) in [5.74, 6) is -0.753. The normalized spacial score (nSPS) is 16.9. The van der Waals surface area contributed by atoms with Gasteiger partial charge >= 0.3 is 0 Å². The van der Waals surface area contributed by atoms with E-state index in [1.54, 1.807) is 23.1 Å². The van der Waals surface area contributed by atoms with Gasteiger partial charge in [-0.2, -0.15) is 0 Å². The number of primary sulfonamides is 1. The first-order chi connectivity index (χ1) is 18.0. The second-order valence-electron chi connectivity index (χ2n) is 9.30. The lowest BCUT2D eigenvalue weighted by Crippen LogP contribution is -2.44. The largest absolute Gasteiger partial charge is 0.336 e.